The number of rotatable bonds is 1. The van der Waals surface area contributed by atoms with Crippen LogP contribution in [0.5, 0.6) is 0 Å². The van der Waals surface area contributed by atoms with Crippen molar-refractivity contribution in [2.24, 2.45) is 0 Å². The lowest BCUT2D eigenvalue weighted by atomic mass is 9.92. The van der Waals surface area contributed by atoms with Crippen molar-refractivity contribution >= 4 is 11.3 Å². The fourth-order valence-corrected chi connectivity index (χ4v) is 2.25. The summed E-state index contributed by atoms with van der Waals surface area (Å²) in [6.45, 7) is 4.25. The van der Waals surface area contributed by atoms with Gasteiger partial charge in [0.2, 0.25) is 0 Å². The zero-order chi connectivity index (χ0) is 10.8. The normalized spacial score (nSPS) is 15.2. The second kappa shape index (κ2) is 3.93. The number of hydrogen-bond acceptors (Lipinski definition) is 1. The zero-order valence-corrected chi connectivity index (χ0v) is 9.38. The predicted molar refractivity (Wildman–Crippen MR) is 66.7 cm³/mol. The minimum absolute atomic E-state index is 0.856. The van der Waals surface area contributed by atoms with Crippen molar-refractivity contribution in [3.8, 4) is 0 Å². The molecule has 1 aromatic carbocycles. The molecule has 0 atom stereocenters. The lowest BCUT2D eigenvalue weighted by Gasteiger charge is -2.14. The van der Waals surface area contributed by atoms with Crippen molar-refractivity contribution in [1.29, 1.82) is 0 Å². The molecule has 1 heteroatoms. The molecule has 15 heavy (non-hydrogen) atoms. The average Bonchev–Trinajstić information content (AvgIpc) is 2.17. The Morgan fingerprint density at radius 2 is 1.73 bits per heavy atom. The molecular weight excluding hydrogens is 182 g/mol. The van der Waals surface area contributed by atoms with Crippen LogP contribution in [0.4, 0.5) is 5.69 Å². The molecule has 0 heterocycles. The maximum absolute atomic E-state index is 5.82. The molecule has 0 bridgehead atoms. The molecule has 0 radical (unpaired) electrons. The van der Waals surface area contributed by atoms with Gasteiger partial charge >= 0.3 is 0 Å². The molecule has 0 fully saturated rings. The van der Waals surface area contributed by atoms with E-state index in [-0.39, 0.29) is 0 Å². The van der Waals surface area contributed by atoms with E-state index in [0.717, 1.165) is 18.5 Å². The van der Waals surface area contributed by atoms with Gasteiger partial charge in [-0.2, -0.15) is 0 Å². The number of nitrogen functional groups attached to an aromatic ring is 1. The molecule has 0 aliphatic heterocycles. The molecular formula is C14H17N. The van der Waals surface area contributed by atoms with Gasteiger partial charge in [-0.3, -0.25) is 0 Å². The molecule has 0 unspecified atom stereocenters. The van der Waals surface area contributed by atoms with E-state index >= 15 is 0 Å². The summed E-state index contributed by atoms with van der Waals surface area (Å²) in [4.78, 5) is 0. The molecule has 78 valence electrons. The van der Waals surface area contributed by atoms with Crippen molar-refractivity contribution in [1.82, 2.24) is 0 Å². The summed E-state index contributed by atoms with van der Waals surface area (Å²) in [5.74, 6) is 0. The minimum Gasteiger partial charge on any atom is -0.399 e. The fraction of sp³-hybridized carbons (Fsp3) is 0.286. The fourth-order valence-electron chi connectivity index (χ4n) is 2.25. The van der Waals surface area contributed by atoms with E-state index in [0.29, 0.717) is 0 Å². The molecule has 0 spiro atoms. The van der Waals surface area contributed by atoms with Gasteiger partial charge in [0.05, 0.1) is 0 Å². The highest BCUT2D eigenvalue weighted by atomic mass is 14.5. The van der Waals surface area contributed by atoms with Gasteiger partial charge < -0.3 is 5.73 Å². The molecule has 1 aromatic rings. The number of allylic oxidation sites excluding steroid dienone is 4. The Morgan fingerprint density at radius 3 is 2.27 bits per heavy atom. The van der Waals surface area contributed by atoms with Gasteiger partial charge in [0.15, 0.2) is 0 Å². The van der Waals surface area contributed by atoms with Crippen molar-refractivity contribution in [2.45, 2.75) is 26.7 Å². The van der Waals surface area contributed by atoms with Gasteiger partial charge in [0, 0.05) is 5.69 Å². The quantitative estimate of drug-likeness (QED) is 0.687. The maximum atomic E-state index is 5.82. The minimum atomic E-state index is 0.856. The monoisotopic (exact) mass is 199 g/mol. The summed E-state index contributed by atoms with van der Waals surface area (Å²) >= 11 is 0. The van der Waals surface area contributed by atoms with Gasteiger partial charge in [0.25, 0.3) is 0 Å². The van der Waals surface area contributed by atoms with E-state index in [1.165, 1.54) is 22.3 Å². The van der Waals surface area contributed by atoms with Crippen LogP contribution in [-0.2, 0) is 0 Å². The van der Waals surface area contributed by atoms with Crippen LogP contribution < -0.4 is 5.73 Å². The standard InChI is InChI=1S/C14H17N/c1-10-8-13(15)9-11(2)14(10)12-6-4-3-5-7-12/h4,6-9H,3,5,15H2,1-2H3. The van der Waals surface area contributed by atoms with Crippen LogP contribution in [-0.4, -0.2) is 0 Å². The second-order valence-corrected chi connectivity index (χ2v) is 4.17. The van der Waals surface area contributed by atoms with Crippen molar-refractivity contribution in [2.75, 3.05) is 5.73 Å². The van der Waals surface area contributed by atoms with E-state index in [1.807, 2.05) is 12.1 Å². The average molecular weight is 199 g/mol. The Kier molecular flexibility index (Phi) is 2.63. The largest absolute Gasteiger partial charge is 0.399 e. The summed E-state index contributed by atoms with van der Waals surface area (Å²) in [5, 5.41) is 0. The van der Waals surface area contributed by atoms with Crippen LogP contribution in [0.3, 0.4) is 0 Å². The number of aryl methyl sites for hydroxylation is 2. The van der Waals surface area contributed by atoms with E-state index in [2.05, 4.69) is 32.1 Å². The number of benzene rings is 1. The molecule has 2 N–H and O–H groups in total. The Labute approximate surface area is 91.3 Å². The molecule has 2 rings (SSSR count). The Morgan fingerprint density at radius 1 is 1.07 bits per heavy atom. The molecule has 0 aromatic heterocycles. The van der Waals surface area contributed by atoms with Crippen molar-refractivity contribution in [3.63, 3.8) is 0 Å². The van der Waals surface area contributed by atoms with Crippen LogP contribution in [0.25, 0.3) is 5.57 Å². The lowest BCUT2D eigenvalue weighted by Crippen LogP contribution is -1.96. The summed E-state index contributed by atoms with van der Waals surface area (Å²) < 4.78 is 0. The summed E-state index contributed by atoms with van der Waals surface area (Å²) in [6.07, 6.45) is 9.08. The van der Waals surface area contributed by atoms with Crippen molar-refractivity contribution < 1.29 is 0 Å². The lowest BCUT2D eigenvalue weighted by molar-refractivity contribution is 1.04. The molecule has 1 nitrogen and oxygen atoms in total. The van der Waals surface area contributed by atoms with Crippen LogP contribution in [0.15, 0.2) is 30.4 Å². The highest BCUT2D eigenvalue weighted by Crippen LogP contribution is 2.28. The van der Waals surface area contributed by atoms with Crippen LogP contribution in [0, 0.1) is 13.8 Å². The summed E-state index contributed by atoms with van der Waals surface area (Å²) in [7, 11) is 0. The van der Waals surface area contributed by atoms with Gasteiger partial charge in [0.1, 0.15) is 0 Å². The summed E-state index contributed by atoms with van der Waals surface area (Å²) in [5.41, 5.74) is 11.9. The van der Waals surface area contributed by atoms with Crippen molar-refractivity contribution in [3.05, 3.63) is 47.1 Å². The molecule has 0 amide bonds. The third kappa shape index (κ3) is 1.96. The zero-order valence-electron chi connectivity index (χ0n) is 9.38. The third-order valence-corrected chi connectivity index (χ3v) is 2.84. The predicted octanol–water partition coefficient (Wildman–Crippen LogP) is 3.62. The van der Waals surface area contributed by atoms with Gasteiger partial charge in [-0.05, 0) is 61.1 Å². The molecule has 1 aliphatic carbocycles. The Balaban J connectivity index is 2.52. The maximum Gasteiger partial charge on any atom is 0.0319 e. The first-order valence-electron chi connectivity index (χ1n) is 5.42. The molecule has 0 saturated heterocycles. The topological polar surface area (TPSA) is 26.0 Å². The van der Waals surface area contributed by atoms with E-state index in [4.69, 9.17) is 5.73 Å². The van der Waals surface area contributed by atoms with Gasteiger partial charge in [-0.15, -0.1) is 0 Å². The van der Waals surface area contributed by atoms with E-state index in [9.17, 15) is 0 Å². The number of nitrogens with two attached hydrogens (primary N) is 1. The number of anilines is 1. The first kappa shape index (κ1) is 10.0. The Bertz CT molecular complexity index is 416. The smallest absolute Gasteiger partial charge is 0.0319 e. The van der Waals surface area contributed by atoms with E-state index < -0.39 is 0 Å². The van der Waals surface area contributed by atoms with Gasteiger partial charge in [-0.25, -0.2) is 0 Å². The van der Waals surface area contributed by atoms with Crippen LogP contribution >= 0.6 is 0 Å². The molecule has 1 aliphatic rings. The first-order valence-corrected chi connectivity index (χ1v) is 5.42. The SMILES string of the molecule is Cc1cc(N)cc(C)c1C1=CCCC=C1. The van der Waals surface area contributed by atoms with E-state index in [1.54, 1.807) is 0 Å². The van der Waals surface area contributed by atoms with Crippen LogP contribution in [0.2, 0.25) is 0 Å². The highest BCUT2D eigenvalue weighted by Gasteiger charge is 2.08. The highest BCUT2D eigenvalue weighted by molar-refractivity contribution is 5.79. The Hall–Kier alpha value is -1.50. The van der Waals surface area contributed by atoms with Crippen LogP contribution in [0.1, 0.15) is 29.5 Å². The third-order valence-electron chi connectivity index (χ3n) is 2.84. The first-order chi connectivity index (χ1) is 7.18. The second-order valence-electron chi connectivity index (χ2n) is 4.17. The van der Waals surface area contributed by atoms with Gasteiger partial charge in [-0.1, -0.05) is 18.2 Å². The summed E-state index contributed by atoms with van der Waals surface area (Å²) in [6, 6.07) is 4.09. The molecule has 0 saturated carbocycles. The number of hydrogen-bond donors (Lipinski definition) is 1.